The topological polar surface area (TPSA) is 43.7 Å². The SMILES string of the molecule is CC(C)(CN1CC2CC(O)(Cc3ccccc3)CC2C1)c1ccc(O)cc1. The Hall–Kier alpha value is -1.84. The van der Waals surface area contributed by atoms with E-state index in [-0.39, 0.29) is 5.41 Å². The summed E-state index contributed by atoms with van der Waals surface area (Å²) in [5, 5.41) is 20.7. The molecule has 2 aliphatic rings. The summed E-state index contributed by atoms with van der Waals surface area (Å²) in [4.78, 5) is 2.57. The van der Waals surface area contributed by atoms with Crippen LogP contribution in [0.1, 0.15) is 37.8 Å². The lowest BCUT2D eigenvalue weighted by atomic mass is 9.84. The summed E-state index contributed by atoms with van der Waals surface area (Å²) in [5.41, 5.74) is 2.02. The molecule has 2 atom stereocenters. The van der Waals surface area contributed by atoms with E-state index in [0.717, 1.165) is 38.9 Å². The second-order valence-electron chi connectivity index (χ2n) is 9.44. The van der Waals surface area contributed by atoms with Gasteiger partial charge in [0.25, 0.3) is 0 Å². The van der Waals surface area contributed by atoms with Crippen LogP contribution in [-0.4, -0.2) is 40.3 Å². The minimum Gasteiger partial charge on any atom is -0.508 e. The molecule has 0 bridgehead atoms. The minimum absolute atomic E-state index is 0.0483. The van der Waals surface area contributed by atoms with Crippen molar-refractivity contribution in [1.82, 2.24) is 4.90 Å². The fraction of sp³-hybridized carbons (Fsp3) is 0.500. The number of phenols is 1. The molecule has 1 aliphatic heterocycles. The first-order valence-corrected chi connectivity index (χ1v) is 10.1. The van der Waals surface area contributed by atoms with Crippen LogP contribution in [0.5, 0.6) is 5.75 Å². The summed E-state index contributed by atoms with van der Waals surface area (Å²) in [6, 6.07) is 18.0. The number of hydrogen-bond acceptors (Lipinski definition) is 3. The second kappa shape index (κ2) is 6.96. The Morgan fingerprint density at radius 2 is 1.56 bits per heavy atom. The molecule has 0 radical (unpaired) electrons. The average Bonchev–Trinajstić information content (AvgIpc) is 3.09. The van der Waals surface area contributed by atoms with Gasteiger partial charge in [0.15, 0.2) is 0 Å². The molecule has 27 heavy (non-hydrogen) atoms. The third-order valence-electron chi connectivity index (χ3n) is 6.58. The molecule has 2 aromatic rings. The molecule has 2 fully saturated rings. The van der Waals surface area contributed by atoms with Gasteiger partial charge in [-0.2, -0.15) is 0 Å². The van der Waals surface area contributed by atoms with Crippen molar-refractivity contribution >= 4 is 0 Å². The van der Waals surface area contributed by atoms with Gasteiger partial charge in [-0.25, -0.2) is 0 Å². The number of likely N-dealkylation sites (tertiary alicyclic amines) is 1. The molecule has 0 amide bonds. The van der Waals surface area contributed by atoms with E-state index in [9.17, 15) is 10.2 Å². The third kappa shape index (κ3) is 4.04. The number of nitrogens with zero attached hydrogens (tertiary/aromatic N) is 1. The molecule has 0 aromatic heterocycles. The number of benzene rings is 2. The molecule has 144 valence electrons. The van der Waals surface area contributed by atoms with Crippen LogP contribution in [0.25, 0.3) is 0 Å². The largest absolute Gasteiger partial charge is 0.508 e. The van der Waals surface area contributed by atoms with E-state index in [4.69, 9.17) is 0 Å². The van der Waals surface area contributed by atoms with E-state index >= 15 is 0 Å². The Morgan fingerprint density at radius 3 is 2.15 bits per heavy atom. The maximum atomic E-state index is 11.1. The summed E-state index contributed by atoms with van der Waals surface area (Å²) >= 11 is 0. The summed E-state index contributed by atoms with van der Waals surface area (Å²) in [6.07, 6.45) is 2.62. The molecule has 1 heterocycles. The Morgan fingerprint density at radius 1 is 0.963 bits per heavy atom. The van der Waals surface area contributed by atoms with Crippen LogP contribution < -0.4 is 0 Å². The molecule has 2 N–H and O–H groups in total. The molecular formula is C24H31NO2. The van der Waals surface area contributed by atoms with Gasteiger partial charge in [0.05, 0.1) is 5.60 Å². The minimum atomic E-state index is -0.532. The van der Waals surface area contributed by atoms with Crippen molar-refractivity contribution in [3.8, 4) is 5.75 Å². The first kappa shape index (κ1) is 18.5. The number of rotatable bonds is 5. The van der Waals surface area contributed by atoms with E-state index in [1.807, 2.05) is 18.2 Å². The number of aliphatic hydroxyl groups is 1. The first-order valence-electron chi connectivity index (χ1n) is 10.1. The van der Waals surface area contributed by atoms with Crippen molar-refractivity contribution in [2.45, 2.75) is 44.1 Å². The standard InChI is InChI=1S/C24H31NO2/c1-23(2,21-8-10-22(26)11-9-21)17-25-15-19-13-24(27,14-20(19)16-25)12-18-6-4-3-5-7-18/h3-11,19-20,26-27H,12-17H2,1-2H3. The van der Waals surface area contributed by atoms with E-state index < -0.39 is 5.60 Å². The average molecular weight is 366 g/mol. The lowest BCUT2D eigenvalue weighted by Gasteiger charge is -2.32. The predicted molar refractivity (Wildman–Crippen MR) is 109 cm³/mol. The monoisotopic (exact) mass is 365 g/mol. The van der Waals surface area contributed by atoms with E-state index in [2.05, 4.69) is 43.0 Å². The maximum absolute atomic E-state index is 11.1. The highest BCUT2D eigenvalue weighted by Gasteiger charge is 2.48. The Labute approximate surface area is 162 Å². The van der Waals surface area contributed by atoms with Crippen LogP contribution in [-0.2, 0) is 11.8 Å². The zero-order valence-electron chi connectivity index (χ0n) is 16.4. The molecule has 1 saturated carbocycles. The van der Waals surface area contributed by atoms with Crippen LogP contribution in [0.4, 0.5) is 0 Å². The molecule has 3 heteroatoms. The maximum Gasteiger partial charge on any atom is 0.115 e. The van der Waals surface area contributed by atoms with Crippen molar-refractivity contribution < 1.29 is 10.2 Å². The van der Waals surface area contributed by atoms with Gasteiger partial charge in [-0.1, -0.05) is 56.3 Å². The van der Waals surface area contributed by atoms with Gasteiger partial charge < -0.3 is 15.1 Å². The molecule has 0 spiro atoms. The van der Waals surface area contributed by atoms with Crippen LogP contribution in [0, 0.1) is 11.8 Å². The van der Waals surface area contributed by atoms with Crippen molar-refractivity contribution in [3.05, 3.63) is 65.7 Å². The number of hydrogen-bond donors (Lipinski definition) is 2. The summed E-state index contributed by atoms with van der Waals surface area (Å²) < 4.78 is 0. The zero-order chi connectivity index (χ0) is 19.1. The second-order valence-corrected chi connectivity index (χ2v) is 9.44. The molecule has 1 saturated heterocycles. The number of aromatic hydroxyl groups is 1. The van der Waals surface area contributed by atoms with Crippen LogP contribution in [0.2, 0.25) is 0 Å². The smallest absolute Gasteiger partial charge is 0.115 e. The van der Waals surface area contributed by atoms with Crippen molar-refractivity contribution in [1.29, 1.82) is 0 Å². The van der Waals surface area contributed by atoms with Gasteiger partial charge in [-0.3, -0.25) is 0 Å². The third-order valence-corrected chi connectivity index (χ3v) is 6.58. The van der Waals surface area contributed by atoms with E-state index in [1.165, 1.54) is 11.1 Å². The Balaban J connectivity index is 1.36. The van der Waals surface area contributed by atoms with Gasteiger partial charge in [0.1, 0.15) is 5.75 Å². The highest BCUT2D eigenvalue weighted by atomic mass is 16.3. The summed E-state index contributed by atoms with van der Waals surface area (Å²) in [5.74, 6) is 1.53. The lowest BCUT2D eigenvalue weighted by Crippen LogP contribution is -2.38. The molecular weight excluding hydrogens is 334 g/mol. The Bertz CT molecular complexity index is 755. The van der Waals surface area contributed by atoms with Gasteiger partial charge in [0.2, 0.25) is 0 Å². The van der Waals surface area contributed by atoms with Gasteiger partial charge in [-0.05, 0) is 47.9 Å². The summed E-state index contributed by atoms with van der Waals surface area (Å²) in [7, 11) is 0. The molecule has 3 nitrogen and oxygen atoms in total. The molecule has 4 rings (SSSR count). The normalized spacial score (nSPS) is 28.4. The van der Waals surface area contributed by atoms with Crippen LogP contribution >= 0.6 is 0 Å². The lowest BCUT2D eigenvalue weighted by molar-refractivity contribution is 0.0347. The molecule has 1 aliphatic carbocycles. The predicted octanol–water partition coefficient (Wildman–Crippen LogP) is 3.99. The number of fused-ring (bicyclic) bond motifs is 1. The van der Waals surface area contributed by atoms with Gasteiger partial charge >= 0.3 is 0 Å². The summed E-state index contributed by atoms with van der Waals surface area (Å²) in [6.45, 7) is 7.74. The van der Waals surface area contributed by atoms with Crippen molar-refractivity contribution in [3.63, 3.8) is 0 Å². The first-order chi connectivity index (χ1) is 12.8. The van der Waals surface area contributed by atoms with Gasteiger partial charge in [0, 0.05) is 31.5 Å². The van der Waals surface area contributed by atoms with Gasteiger partial charge in [-0.15, -0.1) is 0 Å². The van der Waals surface area contributed by atoms with Crippen molar-refractivity contribution in [2.24, 2.45) is 11.8 Å². The quantitative estimate of drug-likeness (QED) is 0.842. The molecule has 2 unspecified atom stereocenters. The zero-order valence-corrected chi connectivity index (χ0v) is 16.4. The fourth-order valence-corrected chi connectivity index (χ4v) is 5.37. The van der Waals surface area contributed by atoms with E-state index in [0.29, 0.717) is 17.6 Å². The highest BCUT2D eigenvalue weighted by molar-refractivity contribution is 5.31. The Kier molecular flexibility index (Phi) is 4.77. The fourth-order valence-electron chi connectivity index (χ4n) is 5.37. The van der Waals surface area contributed by atoms with Crippen molar-refractivity contribution in [2.75, 3.05) is 19.6 Å². The van der Waals surface area contributed by atoms with Crippen LogP contribution in [0.3, 0.4) is 0 Å². The van der Waals surface area contributed by atoms with Crippen LogP contribution in [0.15, 0.2) is 54.6 Å². The molecule has 2 aromatic carbocycles. The highest BCUT2D eigenvalue weighted by Crippen LogP contribution is 2.46. The van der Waals surface area contributed by atoms with E-state index in [1.54, 1.807) is 12.1 Å². The number of phenolic OH excluding ortho intramolecular Hbond substituents is 1.